The van der Waals surface area contributed by atoms with E-state index in [9.17, 15) is 9.59 Å². The largest absolute Gasteiger partial charge is 0.497 e. The number of rotatable bonds is 8. The van der Waals surface area contributed by atoms with Gasteiger partial charge in [-0.1, -0.05) is 29.8 Å². The van der Waals surface area contributed by atoms with Gasteiger partial charge in [-0.25, -0.2) is 0 Å². The van der Waals surface area contributed by atoms with Gasteiger partial charge in [-0.15, -0.1) is 10.2 Å². The lowest BCUT2D eigenvalue weighted by Crippen LogP contribution is -2.23. The molecule has 8 heteroatoms. The van der Waals surface area contributed by atoms with Crippen molar-refractivity contribution in [2.45, 2.75) is 19.4 Å². The zero-order valence-corrected chi connectivity index (χ0v) is 15.9. The molecule has 0 saturated heterocycles. The Morgan fingerprint density at radius 1 is 1.11 bits per heavy atom. The number of amides is 1. The van der Waals surface area contributed by atoms with Crippen molar-refractivity contribution in [2.24, 2.45) is 0 Å². The number of nitrogens with one attached hydrogen (secondary N) is 1. The Morgan fingerprint density at radius 3 is 2.71 bits per heavy atom. The van der Waals surface area contributed by atoms with Crippen LogP contribution in [0.2, 0.25) is 5.02 Å². The van der Waals surface area contributed by atoms with E-state index >= 15 is 0 Å². The molecule has 2 aromatic carbocycles. The Kier molecular flexibility index (Phi) is 6.39. The lowest BCUT2D eigenvalue weighted by molar-refractivity contribution is -0.121. The van der Waals surface area contributed by atoms with Gasteiger partial charge in [0.05, 0.1) is 18.7 Å². The maximum absolute atomic E-state index is 12.1. The molecule has 0 bridgehead atoms. The molecule has 0 spiro atoms. The van der Waals surface area contributed by atoms with E-state index in [1.165, 1.54) is 0 Å². The highest BCUT2D eigenvalue weighted by Gasteiger charge is 2.14. The molecule has 0 saturated carbocycles. The number of carbonyl (C=O) groups is 2. The number of methoxy groups -OCH3 is 1. The Bertz CT molecular complexity index is 987. The van der Waals surface area contributed by atoms with E-state index in [2.05, 4.69) is 15.5 Å². The van der Waals surface area contributed by atoms with Gasteiger partial charge >= 0.3 is 0 Å². The van der Waals surface area contributed by atoms with Crippen molar-refractivity contribution in [2.75, 3.05) is 7.11 Å². The van der Waals surface area contributed by atoms with E-state index in [-0.39, 0.29) is 37.0 Å². The van der Waals surface area contributed by atoms with Gasteiger partial charge in [-0.05, 0) is 30.3 Å². The van der Waals surface area contributed by atoms with Crippen LogP contribution in [0.3, 0.4) is 0 Å². The minimum Gasteiger partial charge on any atom is -0.497 e. The summed E-state index contributed by atoms with van der Waals surface area (Å²) in [5.41, 5.74) is 1.13. The third kappa shape index (κ3) is 4.95. The number of carbonyl (C=O) groups excluding carboxylic acids is 2. The predicted molar refractivity (Wildman–Crippen MR) is 103 cm³/mol. The smallest absolute Gasteiger partial charge is 0.247 e. The summed E-state index contributed by atoms with van der Waals surface area (Å²) in [4.78, 5) is 24.1. The van der Waals surface area contributed by atoms with Gasteiger partial charge in [-0.3, -0.25) is 9.59 Å². The van der Waals surface area contributed by atoms with Gasteiger partial charge in [0.2, 0.25) is 17.7 Å². The second-order valence-corrected chi connectivity index (χ2v) is 6.32. The van der Waals surface area contributed by atoms with Gasteiger partial charge in [0.25, 0.3) is 0 Å². The highest BCUT2D eigenvalue weighted by Crippen LogP contribution is 2.22. The molecule has 0 aliphatic carbocycles. The number of nitrogens with zero attached hydrogens (tertiary/aromatic N) is 2. The molecule has 1 heterocycles. The summed E-state index contributed by atoms with van der Waals surface area (Å²) in [5.74, 6) is 0.801. The third-order valence-electron chi connectivity index (χ3n) is 3.97. The quantitative estimate of drug-likeness (QED) is 0.580. The lowest BCUT2D eigenvalue weighted by Gasteiger charge is -2.04. The number of aromatic nitrogens is 2. The molecule has 0 fully saturated rings. The van der Waals surface area contributed by atoms with Gasteiger partial charge in [0.1, 0.15) is 5.75 Å². The average Bonchev–Trinajstić information content (AvgIpc) is 3.20. The maximum atomic E-state index is 12.1. The van der Waals surface area contributed by atoms with Crippen molar-refractivity contribution in [3.05, 3.63) is 65.0 Å². The van der Waals surface area contributed by atoms with E-state index in [4.69, 9.17) is 20.8 Å². The number of benzene rings is 2. The molecule has 1 amide bonds. The second-order valence-electron chi connectivity index (χ2n) is 5.91. The van der Waals surface area contributed by atoms with Gasteiger partial charge in [-0.2, -0.15) is 0 Å². The fourth-order valence-electron chi connectivity index (χ4n) is 2.51. The Hall–Kier alpha value is -3.19. The van der Waals surface area contributed by atoms with Crippen LogP contribution in [-0.4, -0.2) is 29.0 Å². The molecule has 0 aliphatic rings. The summed E-state index contributed by atoms with van der Waals surface area (Å²) in [5, 5.41) is 10.9. The van der Waals surface area contributed by atoms with Crippen molar-refractivity contribution < 1.29 is 18.7 Å². The molecule has 0 atom stereocenters. The highest BCUT2D eigenvalue weighted by atomic mass is 35.5. The SMILES string of the molecule is COc1cccc(-c2nnc(CNC(=O)CCC(=O)c3ccccc3Cl)o2)c1. The standard InChI is InChI=1S/C20H18ClN3O4/c1-27-14-6-4-5-13(11-14)20-24-23-19(28-20)12-22-18(26)10-9-17(25)15-7-2-3-8-16(15)21/h2-8,11H,9-10,12H2,1H3,(H,22,26). The van der Waals surface area contributed by atoms with Crippen LogP contribution >= 0.6 is 11.6 Å². The fourth-order valence-corrected chi connectivity index (χ4v) is 2.75. The van der Waals surface area contributed by atoms with Crippen molar-refractivity contribution in [1.82, 2.24) is 15.5 Å². The van der Waals surface area contributed by atoms with Crippen LogP contribution in [0, 0.1) is 0 Å². The van der Waals surface area contributed by atoms with Crippen molar-refractivity contribution >= 4 is 23.3 Å². The summed E-state index contributed by atoms with van der Waals surface area (Å²) < 4.78 is 10.7. The van der Waals surface area contributed by atoms with Crippen LogP contribution in [0.4, 0.5) is 0 Å². The predicted octanol–water partition coefficient (Wildman–Crippen LogP) is 3.68. The minimum absolute atomic E-state index is 0.0426. The first-order valence-corrected chi connectivity index (χ1v) is 8.96. The van der Waals surface area contributed by atoms with Gasteiger partial charge in [0, 0.05) is 24.0 Å². The van der Waals surface area contributed by atoms with Gasteiger partial charge < -0.3 is 14.5 Å². The molecule has 144 valence electrons. The molecule has 3 rings (SSSR count). The average molecular weight is 400 g/mol. The molecule has 0 aliphatic heterocycles. The normalized spacial score (nSPS) is 10.5. The van der Waals surface area contributed by atoms with Crippen LogP contribution in [-0.2, 0) is 11.3 Å². The van der Waals surface area contributed by atoms with Crippen LogP contribution < -0.4 is 10.1 Å². The van der Waals surface area contributed by atoms with E-state index in [0.29, 0.717) is 22.2 Å². The molecule has 7 nitrogen and oxygen atoms in total. The summed E-state index contributed by atoms with van der Waals surface area (Å²) in [6.07, 6.45) is 0.107. The van der Waals surface area contributed by atoms with Crippen LogP contribution in [0.15, 0.2) is 52.9 Å². The third-order valence-corrected chi connectivity index (χ3v) is 4.30. The van der Waals surface area contributed by atoms with Crippen molar-refractivity contribution in [3.8, 4) is 17.2 Å². The zero-order valence-electron chi connectivity index (χ0n) is 15.1. The minimum atomic E-state index is -0.290. The van der Waals surface area contributed by atoms with E-state index in [1.807, 2.05) is 18.2 Å². The Balaban J connectivity index is 1.50. The number of Topliss-reactive ketones (excluding diaryl/α,β-unsaturated/α-hetero) is 1. The number of hydrogen-bond donors (Lipinski definition) is 1. The monoisotopic (exact) mass is 399 g/mol. The number of halogens is 1. The number of hydrogen-bond acceptors (Lipinski definition) is 6. The molecule has 0 radical (unpaired) electrons. The zero-order chi connectivity index (χ0) is 19.9. The fraction of sp³-hybridized carbons (Fsp3) is 0.200. The molecule has 0 unspecified atom stereocenters. The molecular formula is C20H18ClN3O4. The van der Waals surface area contributed by atoms with Crippen LogP contribution in [0.1, 0.15) is 29.1 Å². The molecular weight excluding hydrogens is 382 g/mol. The summed E-state index contributed by atoms with van der Waals surface area (Å²) in [7, 11) is 1.57. The second kappa shape index (κ2) is 9.14. The van der Waals surface area contributed by atoms with Crippen molar-refractivity contribution in [3.63, 3.8) is 0 Å². The summed E-state index contributed by atoms with van der Waals surface area (Å²) >= 11 is 5.99. The highest BCUT2D eigenvalue weighted by molar-refractivity contribution is 6.34. The number of ketones is 1. The summed E-state index contributed by atoms with van der Waals surface area (Å²) in [6.45, 7) is 0.0794. The maximum Gasteiger partial charge on any atom is 0.247 e. The van der Waals surface area contributed by atoms with Crippen LogP contribution in [0.5, 0.6) is 5.75 Å². The van der Waals surface area contributed by atoms with Gasteiger partial charge in [0.15, 0.2) is 5.78 Å². The lowest BCUT2D eigenvalue weighted by atomic mass is 10.1. The first kappa shape index (κ1) is 19.6. The Morgan fingerprint density at radius 2 is 1.93 bits per heavy atom. The van der Waals surface area contributed by atoms with E-state index in [1.54, 1.807) is 37.4 Å². The molecule has 1 aromatic heterocycles. The van der Waals surface area contributed by atoms with E-state index in [0.717, 1.165) is 5.56 Å². The molecule has 3 aromatic rings. The topological polar surface area (TPSA) is 94.3 Å². The van der Waals surface area contributed by atoms with E-state index < -0.39 is 0 Å². The van der Waals surface area contributed by atoms with Crippen LogP contribution in [0.25, 0.3) is 11.5 Å². The van der Waals surface area contributed by atoms with Crippen molar-refractivity contribution in [1.29, 1.82) is 0 Å². The summed E-state index contributed by atoms with van der Waals surface area (Å²) in [6, 6.07) is 14.0. The Labute approximate surface area is 166 Å². The molecule has 1 N–H and O–H groups in total. The first-order chi connectivity index (χ1) is 13.6. The first-order valence-electron chi connectivity index (χ1n) is 8.58. The number of ether oxygens (including phenoxy) is 1. The molecule has 28 heavy (non-hydrogen) atoms.